The Morgan fingerprint density at radius 2 is 1.89 bits per heavy atom. The minimum absolute atomic E-state index is 0.0153. The maximum Gasteiger partial charge on any atom is 0.120 e. The third-order valence-corrected chi connectivity index (χ3v) is 7.66. The molecule has 1 saturated heterocycles. The summed E-state index contributed by atoms with van der Waals surface area (Å²) in [5.74, 6) is 0.639. The Hall–Kier alpha value is -1.80. The number of fused-ring (bicyclic) bond motifs is 2. The molecule has 0 amide bonds. The van der Waals surface area contributed by atoms with E-state index in [0.29, 0.717) is 17.4 Å². The number of anilines is 1. The quantitative estimate of drug-likeness (QED) is 0.620. The summed E-state index contributed by atoms with van der Waals surface area (Å²) < 4.78 is 6.46. The average Bonchev–Trinajstić information content (AvgIpc) is 3.26. The third kappa shape index (κ3) is 2.80. The first kappa shape index (κ1) is 18.2. The molecule has 1 aliphatic heterocycles. The molecule has 28 heavy (non-hydrogen) atoms. The van der Waals surface area contributed by atoms with Crippen LogP contribution in [0.25, 0.3) is 0 Å². The Morgan fingerprint density at radius 3 is 2.64 bits per heavy atom. The molecule has 1 spiro atoms. The van der Waals surface area contributed by atoms with Crippen molar-refractivity contribution in [3.63, 3.8) is 0 Å². The maximum atomic E-state index is 6.46. The Morgan fingerprint density at radius 1 is 1.11 bits per heavy atom. The highest BCUT2D eigenvalue weighted by Gasteiger charge is 2.64. The summed E-state index contributed by atoms with van der Waals surface area (Å²) in [4.78, 5) is 0. The minimum Gasteiger partial charge on any atom is -0.381 e. The number of hydrogen-bond donors (Lipinski definition) is 1. The molecule has 4 aliphatic rings. The highest BCUT2D eigenvalue weighted by molar-refractivity contribution is 5.57. The van der Waals surface area contributed by atoms with Gasteiger partial charge in [-0.05, 0) is 79.2 Å². The van der Waals surface area contributed by atoms with Gasteiger partial charge in [-0.2, -0.15) is 0 Å². The number of hydrogen-bond acceptors (Lipinski definition) is 2. The van der Waals surface area contributed by atoms with Gasteiger partial charge < -0.3 is 10.1 Å². The van der Waals surface area contributed by atoms with E-state index in [0.717, 1.165) is 13.0 Å². The minimum atomic E-state index is 0.0153. The van der Waals surface area contributed by atoms with Crippen LogP contribution in [-0.4, -0.2) is 18.2 Å². The monoisotopic (exact) mass is 375 g/mol. The van der Waals surface area contributed by atoms with Crippen molar-refractivity contribution in [2.24, 2.45) is 11.3 Å². The van der Waals surface area contributed by atoms with Crippen LogP contribution in [0.4, 0.5) is 5.69 Å². The van der Waals surface area contributed by atoms with Crippen LogP contribution in [-0.2, 0) is 4.74 Å². The van der Waals surface area contributed by atoms with Gasteiger partial charge in [0.05, 0.1) is 6.10 Å². The number of rotatable bonds is 4. The van der Waals surface area contributed by atoms with E-state index >= 15 is 0 Å². The fourth-order valence-corrected chi connectivity index (χ4v) is 5.81. The molecule has 5 rings (SSSR count). The first-order valence-corrected chi connectivity index (χ1v) is 11.0. The molecule has 2 nitrogen and oxygen atoms in total. The Balaban J connectivity index is 1.43. The molecule has 1 heterocycles. The highest BCUT2D eigenvalue weighted by atomic mass is 16.6. The van der Waals surface area contributed by atoms with E-state index in [2.05, 4.69) is 69.4 Å². The lowest BCUT2D eigenvalue weighted by Gasteiger charge is -2.39. The molecular weight excluding hydrogens is 342 g/mol. The first-order valence-electron chi connectivity index (χ1n) is 11.0. The van der Waals surface area contributed by atoms with Crippen LogP contribution in [0, 0.1) is 18.3 Å². The summed E-state index contributed by atoms with van der Waals surface area (Å²) in [6.45, 7) is 10.3. The van der Waals surface area contributed by atoms with Gasteiger partial charge in [-0.25, -0.2) is 0 Å². The lowest BCUT2D eigenvalue weighted by Crippen LogP contribution is -2.34. The fourth-order valence-electron chi connectivity index (χ4n) is 5.81. The predicted octanol–water partition coefficient (Wildman–Crippen LogP) is 6.35. The molecule has 148 valence electrons. The molecule has 2 fully saturated rings. The summed E-state index contributed by atoms with van der Waals surface area (Å²) in [6, 6.07) is 8.67. The van der Waals surface area contributed by atoms with Crippen molar-refractivity contribution >= 4 is 5.69 Å². The first-order chi connectivity index (χ1) is 13.4. The van der Waals surface area contributed by atoms with Gasteiger partial charge >= 0.3 is 0 Å². The summed E-state index contributed by atoms with van der Waals surface area (Å²) in [5, 5.41) is 3.60. The zero-order valence-electron chi connectivity index (χ0n) is 17.8. The van der Waals surface area contributed by atoms with Crippen molar-refractivity contribution in [2.75, 3.05) is 11.9 Å². The number of allylic oxidation sites excluding steroid dienone is 3. The van der Waals surface area contributed by atoms with Gasteiger partial charge in [0.25, 0.3) is 0 Å². The molecule has 3 atom stereocenters. The van der Waals surface area contributed by atoms with Gasteiger partial charge in [0, 0.05) is 12.2 Å². The number of benzene rings is 1. The molecule has 2 heteroatoms. The van der Waals surface area contributed by atoms with E-state index in [9.17, 15) is 0 Å². The van der Waals surface area contributed by atoms with Crippen LogP contribution in [0.5, 0.6) is 0 Å². The standard InChI is InChI=1S/C26H33NO/c1-17(2)21-11-12-25(4)13-14-26-22(24(21)25)10-7-19(15-23(26)28-26)16-27-20-8-5-18(3)6-9-20/h5-10,17,23,27H,11-16H2,1-4H3/t23?,25-,26+/m1/s1. The molecule has 1 unspecified atom stereocenters. The number of ether oxygens (including phenoxy) is 1. The van der Waals surface area contributed by atoms with E-state index in [-0.39, 0.29) is 5.60 Å². The van der Waals surface area contributed by atoms with Gasteiger partial charge in [0.1, 0.15) is 5.60 Å². The summed E-state index contributed by atoms with van der Waals surface area (Å²) in [7, 11) is 0. The van der Waals surface area contributed by atoms with E-state index in [1.807, 2.05) is 0 Å². The second-order valence-electron chi connectivity index (χ2n) is 9.94. The smallest absolute Gasteiger partial charge is 0.120 e. The largest absolute Gasteiger partial charge is 0.381 e. The van der Waals surface area contributed by atoms with Gasteiger partial charge in [-0.1, -0.05) is 56.2 Å². The van der Waals surface area contributed by atoms with E-state index in [1.165, 1.54) is 48.1 Å². The van der Waals surface area contributed by atoms with Gasteiger partial charge in [0.2, 0.25) is 0 Å². The van der Waals surface area contributed by atoms with Crippen molar-refractivity contribution in [3.8, 4) is 0 Å². The molecule has 1 aromatic rings. The van der Waals surface area contributed by atoms with Gasteiger partial charge in [-0.3, -0.25) is 0 Å². The molecule has 1 aromatic carbocycles. The zero-order chi connectivity index (χ0) is 19.5. The third-order valence-electron chi connectivity index (χ3n) is 7.66. The molecule has 3 aliphatic carbocycles. The van der Waals surface area contributed by atoms with Crippen molar-refractivity contribution in [2.45, 2.75) is 71.5 Å². The number of epoxide rings is 1. The SMILES string of the molecule is Cc1ccc(NCC2=CC=C3C4=C(C(C)C)CC[C@]4(C)CC[C@]34OC4C2)cc1. The van der Waals surface area contributed by atoms with E-state index < -0.39 is 0 Å². The summed E-state index contributed by atoms with van der Waals surface area (Å²) >= 11 is 0. The Bertz CT molecular complexity index is 888. The Labute approximate surface area is 169 Å². The average molecular weight is 376 g/mol. The number of nitrogens with one attached hydrogen (secondary N) is 1. The molecule has 1 saturated carbocycles. The summed E-state index contributed by atoms with van der Waals surface area (Å²) in [6.07, 6.45) is 11.3. The molecule has 0 radical (unpaired) electrons. The second-order valence-corrected chi connectivity index (χ2v) is 9.94. The zero-order valence-corrected chi connectivity index (χ0v) is 17.8. The van der Waals surface area contributed by atoms with Crippen molar-refractivity contribution < 1.29 is 4.74 Å². The summed E-state index contributed by atoms with van der Waals surface area (Å²) in [5.41, 5.74) is 9.22. The normalized spacial score (nSPS) is 33.5. The van der Waals surface area contributed by atoms with Crippen molar-refractivity contribution in [1.82, 2.24) is 0 Å². The molecule has 1 N–H and O–H groups in total. The van der Waals surface area contributed by atoms with Gasteiger partial charge in [-0.15, -0.1) is 0 Å². The van der Waals surface area contributed by atoms with E-state index in [1.54, 1.807) is 11.1 Å². The Kier molecular flexibility index (Phi) is 4.14. The maximum absolute atomic E-state index is 6.46. The van der Waals surface area contributed by atoms with Gasteiger partial charge in [0.15, 0.2) is 0 Å². The van der Waals surface area contributed by atoms with Crippen LogP contribution < -0.4 is 5.32 Å². The second kappa shape index (κ2) is 6.35. The van der Waals surface area contributed by atoms with Crippen LogP contribution in [0.2, 0.25) is 0 Å². The lowest BCUT2D eigenvalue weighted by molar-refractivity contribution is 0.235. The topological polar surface area (TPSA) is 24.6 Å². The lowest BCUT2D eigenvalue weighted by atomic mass is 9.64. The van der Waals surface area contributed by atoms with Crippen LogP contribution in [0.1, 0.15) is 58.4 Å². The van der Waals surface area contributed by atoms with Crippen molar-refractivity contribution in [1.29, 1.82) is 0 Å². The van der Waals surface area contributed by atoms with E-state index in [4.69, 9.17) is 4.74 Å². The highest BCUT2D eigenvalue weighted by Crippen LogP contribution is 2.65. The molecular formula is C26H33NO. The van der Waals surface area contributed by atoms with Crippen LogP contribution in [0.15, 0.2) is 58.7 Å². The van der Waals surface area contributed by atoms with Crippen molar-refractivity contribution in [3.05, 3.63) is 64.3 Å². The molecule has 0 bridgehead atoms. The predicted molar refractivity (Wildman–Crippen MR) is 116 cm³/mol. The fraction of sp³-hybridized carbons (Fsp3) is 0.538. The van der Waals surface area contributed by atoms with Crippen LogP contribution in [0.3, 0.4) is 0 Å². The molecule has 0 aromatic heterocycles. The van der Waals surface area contributed by atoms with Crippen LogP contribution >= 0.6 is 0 Å². The number of aryl methyl sites for hydroxylation is 1.